The molecule has 0 spiro atoms. The summed E-state index contributed by atoms with van der Waals surface area (Å²) in [6.45, 7) is 3.89. The number of pyridine rings is 2. The van der Waals surface area contributed by atoms with Gasteiger partial charge in [0.15, 0.2) is 5.69 Å². The van der Waals surface area contributed by atoms with Crippen LogP contribution in [0.15, 0.2) is 42.9 Å². The van der Waals surface area contributed by atoms with E-state index in [4.69, 9.17) is 0 Å². The molecular formula is C23H24F3N7O. The summed E-state index contributed by atoms with van der Waals surface area (Å²) in [5, 5.41) is 11.6. The van der Waals surface area contributed by atoms with Crippen LogP contribution in [0.1, 0.15) is 47.9 Å². The first-order chi connectivity index (χ1) is 16.3. The Morgan fingerprint density at radius 3 is 2.56 bits per heavy atom. The zero-order valence-corrected chi connectivity index (χ0v) is 18.7. The van der Waals surface area contributed by atoms with Gasteiger partial charge in [0.05, 0.1) is 24.0 Å². The average Bonchev–Trinajstić information content (AvgIpc) is 3.54. The lowest BCUT2D eigenvalue weighted by molar-refractivity contribution is -0.137. The fourth-order valence-electron chi connectivity index (χ4n) is 5.30. The average molecular weight is 471 g/mol. The Morgan fingerprint density at radius 2 is 1.91 bits per heavy atom. The highest BCUT2D eigenvalue weighted by Gasteiger charge is 2.53. The van der Waals surface area contributed by atoms with Gasteiger partial charge in [-0.2, -0.15) is 23.4 Å². The number of likely N-dealkylation sites (tertiary alicyclic amines) is 1. The highest BCUT2D eigenvalue weighted by molar-refractivity contribution is 5.96. The second-order valence-corrected chi connectivity index (χ2v) is 8.81. The number of fused-ring (bicyclic) bond motifs is 2. The summed E-state index contributed by atoms with van der Waals surface area (Å²) >= 11 is 0. The van der Waals surface area contributed by atoms with Crippen molar-refractivity contribution >= 4 is 11.7 Å². The number of nitrogens with one attached hydrogen (secondary N) is 1. The number of nitrogens with zero attached hydrogens (tertiary/aromatic N) is 6. The van der Waals surface area contributed by atoms with E-state index in [9.17, 15) is 18.0 Å². The summed E-state index contributed by atoms with van der Waals surface area (Å²) in [6.07, 6.45) is 1.92. The molecule has 34 heavy (non-hydrogen) atoms. The van der Waals surface area contributed by atoms with Crippen LogP contribution in [0, 0.1) is 12.8 Å². The molecule has 0 aromatic carbocycles. The SMILES string of the molecule is CC[C@@H]1[C@H]2C[C@@H](Nc3ccc(C(F)(F)F)cn3)[C@H](C2)N1C(=O)c1nc(C)ccc1-n1nccn1. The molecule has 0 unspecified atom stereocenters. The van der Waals surface area contributed by atoms with Crippen molar-refractivity contribution in [2.75, 3.05) is 5.32 Å². The molecule has 1 N–H and O–H groups in total. The smallest absolute Gasteiger partial charge is 0.365 e. The van der Waals surface area contributed by atoms with Crippen LogP contribution < -0.4 is 5.32 Å². The topological polar surface area (TPSA) is 88.8 Å². The van der Waals surface area contributed by atoms with Crippen LogP contribution in [0.5, 0.6) is 0 Å². The lowest BCUT2D eigenvalue weighted by atomic mass is 9.94. The Morgan fingerprint density at radius 1 is 1.15 bits per heavy atom. The maximum absolute atomic E-state index is 13.9. The fourth-order valence-corrected chi connectivity index (χ4v) is 5.30. The summed E-state index contributed by atoms with van der Waals surface area (Å²) in [6, 6.07) is 5.78. The second kappa shape index (κ2) is 8.37. The van der Waals surface area contributed by atoms with Crippen molar-refractivity contribution < 1.29 is 18.0 Å². The number of aromatic nitrogens is 5. The van der Waals surface area contributed by atoms with Crippen LogP contribution in [-0.4, -0.2) is 53.9 Å². The summed E-state index contributed by atoms with van der Waals surface area (Å²) in [5.74, 6) is 0.463. The predicted octanol–water partition coefficient (Wildman–Crippen LogP) is 3.88. The number of carbonyl (C=O) groups excluding carboxylic acids is 1. The van der Waals surface area contributed by atoms with Gasteiger partial charge in [-0.3, -0.25) is 4.79 Å². The van der Waals surface area contributed by atoms with Crippen LogP contribution in [0.4, 0.5) is 19.0 Å². The molecule has 11 heteroatoms. The van der Waals surface area contributed by atoms with Crippen molar-refractivity contribution in [2.45, 2.75) is 57.4 Å². The Bertz CT molecular complexity index is 1180. The maximum Gasteiger partial charge on any atom is 0.417 e. The third kappa shape index (κ3) is 3.88. The second-order valence-electron chi connectivity index (χ2n) is 8.81. The molecule has 4 atom stereocenters. The molecule has 3 aromatic heterocycles. The number of anilines is 1. The number of halogens is 3. The van der Waals surface area contributed by atoms with Gasteiger partial charge in [0, 0.05) is 24.0 Å². The van der Waals surface area contributed by atoms with E-state index < -0.39 is 11.7 Å². The molecule has 1 saturated heterocycles. The van der Waals surface area contributed by atoms with Crippen LogP contribution >= 0.6 is 0 Å². The molecular weight excluding hydrogens is 447 g/mol. The highest BCUT2D eigenvalue weighted by atomic mass is 19.4. The van der Waals surface area contributed by atoms with Gasteiger partial charge in [-0.15, -0.1) is 4.80 Å². The molecule has 2 aliphatic rings. The van der Waals surface area contributed by atoms with E-state index >= 15 is 0 Å². The minimum absolute atomic E-state index is 0.0665. The largest absolute Gasteiger partial charge is 0.417 e. The van der Waals surface area contributed by atoms with E-state index in [0.717, 1.165) is 31.5 Å². The number of amides is 1. The quantitative estimate of drug-likeness (QED) is 0.608. The number of aryl methyl sites for hydroxylation is 1. The Kier molecular flexibility index (Phi) is 5.49. The number of hydrogen-bond acceptors (Lipinski definition) is 6. The van der Waals surface area contributed by atoms with Gasteiger partial charge in [0.1, 0.15) is 11.5 Å². The third-order valence-electron chi connectivity index (χ3n) is 6.75. The monoisotopic (exact) mass is 471 g/mol. The van der Waals surface area contributed by atoms with Crippen molar-refractivity contribution in [2.24, 2.45) is 5.92 Å². The number of alkyl halides is 3. The summed E-state index contributed by atoms with van der Waals surface area (Å²) in [5.41, 5.74) is 0.708. The van der Waals surface area contributed by atoms with Gasteiger partial charge in [-0.05, 0) is 56.4 Å². The lowest BCUT2D eigenvalue weighted by Crippen LogP contribution is -2.52. The molecule has 5 rings (SSSR count). The van der Waals surface area contributed by atoms with Crippen LogP contribution in [-0.2, 0) is 6.18 Å². The first kappa shape index (κ1) is 22.3. The van der Waals surface area contributed by atoms with E-state index in [0.29, 0.717) is 23.1 Å². The van der Waals surface area contributed by atoms with Crippen molar-refractivity contribution in [1.29, 1.82) is 0 Å². The van der Waals surface area contributed by atoms with Gasteiger partial charge >= 0.3 is 6.18 Å². The number of hydrogen-bond donors (Lipinski definition) is 1. The van der Waals surface area contributed by atoms with Crippen molar-refractivity contribution in [3.05, 3.63) is 59.8 Å². The normalized spacial score (nSPS) is 24.0. The number of rotatable bonds is 5. The molecule has 1 saturated carbocycles. The molecule has 8 nitrogen and oxygen atoms in total. The van der Waals surface area contributed by atoms with Gasteiger partial charge in [0.2, 0.25) is 0 Å². The van der Waals surface area contributed by atoms with Gasteiger partial charge in [0.25, 0.3) is 5.91 Å². The molecule has 0 radical (unpaired) electrons. The lowest BCUT2D eigenvalue weighted by Gasteiger charge is -2.39. The third-order valence-corrected chi connectivity index (χ3v) is 6.75. The number of carbonyl (C=O) groups is 1. The van der Waals surface area contributed by atoms with E-state index in [1.165, 1.54) is 23.3 Å². The van der Waals surface area contributed by atoms with Gasteiger partial charge in [-0.1, -0.05) is 6.92 Å². The standard InChI is InChI=1S/C23H24F3N7O/c1-3-17-14-10-16(31-20-7-5-15(12-27-20)23(24,25)26)19(11-14)32(17)22(34)21-18(6-4-13(2)30-21)33-28-8-9-29-33/h4-9,12,14,16-17,19H,3,10-11H2,1-2H3,(H,27,31)/t14-,16+,17+,19-/m0/s1. The Hall–Kier alpha value is -3.50. The van der Waals surface area contributed by atoms with Crippen molar-refractivity contribution in [3.63, 3.8) is 0 Å². The maximum atomic E-state index is 13.9. The number of piperidine rings is 1. The molecule has 4 heterocycles. The van der Waals surface area contributed by atoms with E-state index in [2.05, 4.69) is 32.4 Å². The zero-order chi connectivity index (χ0) is 24.0. The molecule has 2 bridgehead atoms. The van der Waals surface area contributed by atoms with Gasteiger partial charge < -0.3 is 10.2 Å². The molecule has 178 valence electrons. The van der Waals surface area contributed by atoms with Crippen LogP contribution in [0.3, 0.4) is 0 Å². The molecule has 3 aromatic rings. The van der Waals surface area contributed by atoms with Crippen LogP contribution in [0.25, 0.3) is 5.69 Å². The summed E-state index contributed by atoms with van der Waals surface area (Å²) < 4.78 is 38.6. The van der Waals surface area contributed by atoms with Crippen molar-refractivity contribution in [1.82, 2.24) is 29.9 Å². The predicted molar refractivity (Wildman–Crippen MR) is 117 cm³/mol. The molecule has 1 aliphatic heterocycles. The van der Waals surface area contributed by atoms with Gasteiger partial charge in [-0.25, -0.2) is 9.97 Å². The first-order valence-corrected chi connectivity index (χ1v) is 11.2. The van der Waals surface area contributed by atoms with E-state index in [1.54, 1.807) is 6.07 Å². The summed E-state index contributed by atoms with van der Waals surface area (Å²) in [7, 11) is 0. The summed E-state index contributed by atoms with van der Waals surface area (Å²) in [4.78, 5) is 25.6. The van der Waals surface area contributed by atoms with Crippen LogP contribution in [0.2, 0.25) is 0 Å². The van der Waals surface area contributed by atoms with Crippen molar-refractivity contribution in [3.8, 4) is 5.69 Å². The Balaban J connectivity index is 1.42. The zero-order valence-electron chi connectivity index (χ0n) is 18.7. The van der Waals surface area contributed by atoms with E-state index in [1.807, 2.05) is 17.9 Å². The highest BCUT2D eigenvalue weighted by Crippen LogP contribution is 2.45. The van der Waals surface area contributed by atoms with E-state index in [-0.39, 0.29) is 29.7 Å². The molecule has 1 aliphatic carbocycles. The molecule has 1 amide bonds. The minimum Gasteiger partial charge on any atom is -0.365 e. The fraction of sp³-hybridized carbons (Fsp3) is 0.435. The molecule has 2 fully saturated rings. The Labute approximate surface area is 194 Å². The first-order valence-electron chi connectivity index (χ1n) is 11.2. The minimum atomic E-state index is -4.43.